The maximum Gasteiger partial charge on any atom is 0.317 e. The van der Waals surface area contributed by atoms with Crippen molar-refractivity contribution >= 4 is 11.7 Å². The lowest BCUT2D eigenvalue weighted by molar-refractivity contribution is -0.539. The Balaban J connectivity index is 2.41. The average Bonchev–Trinajstić information content (AvgIpc) is 2.75. The maximum atomic E-state index is 12.4. The highest BCUT2D eigenvalue weighted by atomic mass is 16.5. The highest BCUT2D eigenvalue weighted by molar-refractivity contribution is 5.90. The van der Waals surface area contributed by atoms with Crippen LogP contribution in [0.2, 0.25) is 0 Å². The first-order chi connectivity index (χ1) is 12.1. The second kappa shape index (κ2) is 6.03. The fraction of sp³-hybridized carbons (Fsp3) is 0.632. The van der Waals surface area contributed by atoms with Crippen LogP contribution in [0.3, 0.4) is 0 Å². The van der Waals surface area contributed by atoms with E-state index in [1.807, 2.05) is 0 Å². The maximum absolute atomic E-state index is 12.4. The van der Waals surface area contributed by atoms with E-state index in [1.165, 1.54) is 12.2 Å². The zero-order chi connectivity index (χ0) is 21.0. The summed E-state index contributed by atoms with van der Waals surface area (Å²) in [7, 11) is 0. The fourth-order valence-electron chi connectivity index (χ4n) is 2.78. The molecular formula is C19H26N4O4. The molecule has 0 fully saturated rings. The van der Waals surface area contributed by atoms with Crippen molar-refractivity contribution in [1.29, 1.82) is 0 Å². The Morgan fingerprint density at radius 2 is 1.04 bits per heavy atom. The van der Waals surface area contributed by atoms with Crippen molar-refractivity contribution < 1.29 is 19.9 Å². The lowest BCUT2D eigenvalue weighted by atomic mass is 9.84. The van der Waals surface area contributed by atoms with E-state index in [2.05, 4.69) is 17.2 Å². The molecule has 0 unspecified atom stereocenters. The van der Waals surface area contributed by atoms with Crippen molar-refractivity contribution in [3.8, 4) is 0 Å². The zero-order valence-electron chi connectivity index (χ0n) is 17.1. The van der Waals surface area contributed by atoms with Gasteiger partial charge in [0.2, 0.25) is 0 Å². The molecule has 0 aliphatic carbocycles. The molecule has 0 spiro atoms. The van der Waals surface area contributed by atoms with Crippen molar-refractivity contribution in [2.75, 3.05) is 0 Å². The van der Waals surface area contributed by atoms with E-state index in [0.717, 1.165) is 0 Å². The molecule has 0 bridgehead atoms. The molecule has 146 valence electrons. The molecule has 27 heavy (non-hydrogen) atoms. The van der Waals surface area contributed by atoms with E-state index in [0.29, 0.717) is 19.6 Å². The summed E-state index contributed by atoms with van der Waals surface area (Å²) < 4.78 is 1.29. The Morgan fingerprint density at radius 3 is 1.26 bits per heavy atom. The Kier molecular flexibility index (Phi) is 4.65. The van der Waals surface area contributed by atoms with Gasteiger partial charge >= 0.3 is 11.7 Å². The van der Waals surface area contributed by atoms with Gasteiger partial charge in [0.25, 0.3) is 0 Å². The summed E-state index contributed by atoms with van der Waals surface area (Å²) >= 11 is 0. The molecule has 0 N–H and O–H groups in total. The molecule has 2 rings (SSSR count). The molecule has 0 aromatic heterocycles. The topological polar surface area (TPSA) is 98.4 Å². The van der Waals surface area contributed by atoms with Crippen molar-refractivity contribution in [3.05, 3.63) is 39.8 Å². The summed E-state index contributed by atoms with van der Waals surface area (Å²) in [5.74, 6) is -0.183. The molecule has 8 heteroatoms. The van der Waals surface area contributed by atoms with Crippen LogP contribution in [0.15, 0.2) is 29.3 Å². The predicted molar refractivity (Wildman–Crippen MR) is 98.3 cm³/mol. The number of hydroxylamine groups is 6. The van der Waals surface area contributed by atoms with Gasteiger partial charge in [0.1, 0.15) is 11.1 Å². The lowest BCUT2D eigenvalue weighted by Crippen LogP contribution is -2.53. The van der Waals surface area contributed by atoms with Crippen molar-refractivity contribution in [1.82, 2.24) is 10.1 Å². The summed E-state index contributed by atoms with van der Waals surface area (Å²) in [6, 6.07) is 0. The van der Waals surface area contributed by atoms with Crippen LogP contribution in [0, 0.1) is 10.4 Å². The van der Waals surface area contributed by atoms with Gasteiger partial charge in [-0.1, -0.05) is 21.6 Å². The van der Waals surface area contributed by atoms with Crippen molar-refractivity contribution in [2.45, 2.75) is 77.5 Å². The third-order valence-electron chi connectivity index (χ3n) is 6.40. The highest BCUT2D eigenvalue weighted by Crippen LogP contribution is 2.36. The smallest absolute Gasteiger partial charge is 0.317 e. The first-order valence-electron chi connectivity index (χ1n) is 8.67. The van der Waals surface area contributed by atoms with E-state index in [-0.39, 0.29) is 11.7 Å². The average molecular weight is 374 g/mol. The molecule has 0 atom stereocenters. The summed E-state index contributed by atoms with van der Waals surface area (Å²) in [5.41, 5.74) is 4.00. The summed E-state index contributed by atoms with van der Waals surface area (Å²) in [4.78, 5) is 0. The van der Waals surface area contributed by atoms with Gasteiger partial charge in [0, 0.05) is 10.4 Å². The van der Waals surface area contributed by atoms with E-state index >= 15 is 0 Å². The summed E-state index contributed by atoms with van der Waals surface area (Å²) in [5, 5.41) is 50.8. The quantitative estimate of drug-likeness (QED) is 0.420. The van der Waals surface area contributed by atoms with E-state index in [1.54, 1.807) is 55.4 Å². The number of amidine groups is 2. The highest BCUT2D eigenvalue weighted by Gasteiger charge is 2.60. The normalized spacial score (nSPS) is 24.5. The van der Waals surface area contributed by atoms with Gasteiger partial charge in [-0.15, -0.1) is 0 Å². The first-order valence-corrected chi connectivity index (χ1v) is 8.67. The molecule has 2 radical (unpaired) electrons. The van der Waals surface area contributed by atoms with Gasteiger partial charge < -0.3 is 10.4 Å². The van der Waals surface area contributed by atoms with E-state index < -0.39 is 22.2 Å². The number of nitrogens with zero attached hydrogens (tertiary/aromatic N) is 4. The Morgan fingerprint density at radius 1 is 0.741 bits per heavy atom. The van der Waals surface area contributed by atoms with Crippen molar-refractivity contribution in [2.24, 2.45) is 0 Å². The second-order valence-electron chi connectivity index (χ2n) is 8.83. The van der Waals surface area contributed by atoms with Gasteiger partial charge in [-0.05, 0) is 61.1 Å². The van der Waals surface area contributed by atoms with E-state index in [4.69, 9.17) is 0 Å². The Hall–Kier alpha value is -2.46. The fourth-order valence-corrected chi connectivity index (χ4v) is 2.78. The zero-order valence-corrected chi connectivity index (χ0v) is 17.1. The Labute approximate surface area is 159 Å². The molecule has 8 nitrogen and oxygen atoms in total. The molecule has 0 saturated heterocycles. The predicted octanol–water partition coefficient (Wildman–Crippen LogP) is 2.26. The number of rotatable bonds is 2. The van der Waals surface area contributed by atoms with Crippen LogP contribution in [0.1, 0.15) is 55.4 Å². The third-order valence-corrected chi connectivity index (χ3v) is 6.40. The van der Waals surface area contributed by atoms with Gasteiger partial charge in [0.05, 0.1) is 12.2 Å². The van der Waals surface area contributed by atoms with Crippen LogP contribution < -0.4 is 0 Å². The van der Waals surface area contributed by atoms with Crippen molar-refractivity contribution in [3.63, 3.8) is 0 Å². The summed E-state index contributed by atoms with van der Waals surface area (Å²) in [6.07, 6.45) is 2.43. The molecule has 0 aromatic rings. The largest absolute Gasteiger partial charge is 0.714 e. The molecule has 0 saturated carbocycles. The van der Waals surface area contributed by atoms with Crippen LogP contribution in [-0.4, -0.2) is 53.4 Å². The first kappa shape index (κ1) is 20.8. The number of hydrogen-bond donors (Lipinski definition) is 0. The van der Waals surface area contributed by atoms with Crippen LogP contribution in [0.5, 0.6) is 0 Å². The van der Waals surface area contributed by atoms with Gasteiger partial charge in [-0.2, -0.15) is 0 Å². The summed E-state index contributed by atoms with van der Waals surface area (Å²) in [6.45, 7) is 13.5. The molecule has 0 amide bonds. The van der Waals surface area contributed by atoms with Gasteiger partial charge in [0.15, 0.2) is 11.1 Å². The molecule has 0 aromatic carbocycles. The monoisotopic (exact) mass is 374 g/mol. The molecular weight excluding hydrogens is 348 g/mol. The van der Waals surface area contributed by atoms with Crippen LogP contribution >= 0.6 is 0 Å². The molecule has 2 aliphatic rings. The lowest BCUT2D eigenvalue weighted by Gasteiger charge is -2.32. The minimum atomic E-state index is -0.912. The minimum Gasteiger partial charge on any atom is -0.714 e. The van der Waals surface area contributed by atoms with Gasteiger partial charge in [-0.25, -0.2) is 0 Å². The SMILES string of the molecule is CC1(C)N([O])C(C=C=C=C=CC2=[N+]([O-])C(C)(C)C(C)(C)N2[O])=[N+]([O-])C1(C)C. The number of hydrogen-bond acceptors (Lipinski definition) is 4. The standard InChI is InChI=1S/C19H26N4O4/c1-16(2)17(3,4)21(25)14(20(16)24)12-10-9-11-13-15-22(26)18(5,6)19(7,8)23(15)27/h12-13H,1-8H3. The van der Waals surface area contributed by atoms with Crippen LogP contribution in [0.25, 0.3) is 0 Å². The Bertz CT molecular complexity index is 792. The minimum absolute atomic E-state index is 0.0917. The van der Waals surface area contributed by atoms with Crippen LogP contribution in [-0.2, 0) is 10.4 Å². The third kappa shape index (κ3) is 2.71. The van der Waals surface area contributed by atoms with E-state index in [9.17, 15) is 20.8 Å². The van der Waals surface area contributed by atoms with Gasteiger partial charge in [-0.3, -0.25) is 9.48 Å². The second-order valence-corrected chi connectivity index (χ2v) is 8.83. The van der Waals surface area contributed by atoms with Crippen LogP contribution in [0.4, 0.5) is 0 Å². The molecule has 2 aliphatic heterocycles. The molecule has 2 heterocycles.